The number of benzene rings is 2. The molecule has 0 aromatic heterocycles. The number of rotatable bonds is 7. The first-order valence-electron chi connectivity index (χ1n) is 13.0. The highest BCUT2D eigenvalue weighted by Crippen LogP contribution is 2.38. The van der Waals surface area contributed by atoms with Gasteiger partial charge in [-0.1, -0.05) is 101 Å². The summed E-state index contributed by atoms with van der Waals surface area (Å²) in [6, 6.07) is 21.8. The van der Waals surface area contributed by atoms with Gasteiger partial charge in [-0.05, 0) is 41.1 Å². The minimum absolute atomic E-state index is 0.0565. The fourth-order valence-electron chi connectivity index (χ4n) is 6.12. The zero-order chi connectivity index (χ0) is 24.2. The van der Waals surface area contributed by atoms with E-state index in [0.717, 1.165) is 32.2 Å². The van der Waals surface area contributed by atoms with Crippen molar-refractivity contribution in [3.63, 3.8) is 0 Å². The van der Waals surface area contributed by atoms with Gasteiger partial charge >= 0.3 is 0 Å². The molecule has 1 aliphatic heterocycles. The van der Waals surface area contributed by atoms with Gasteiger partial charge in [0, 0.05) is 19.6 Å². The molecule has 1 aliphatic carbocycles. The van der Waals surface area contributed by atoms with Crippen LogP contribution in [-0.2, 0) is 14.3 Å². The SMILES string of the molecule is CN=S(=O)(C1CCCCC1)N1CCC[C@@H]1CO[Si](c1ccccc1)(c1ccccc1)C(C)(C)C. The molecule has 1 saturated carbocycles. The molecule has 6 heteroatoms. The molecule has 1 heterocycles. The topological polar surface area (TPSA) is 41.9 Å². The molecule has 2 atom stereocenters. The average molecular weight is 499 g/mol. The van der Waals surface area contributed by atoms with Crippen molar-refractivity contribution in [2.24, 2.45) is 4.36 Å². The zero-order valence-corrected chi connectivity index (χ0v) is 23.2. The molecule has 0 bridgehead atoms. The summed E-state index contributed by atoms with van der Waals surface area (Å²) in [5, 5.41) is 2.73. The lowest BCUT2D eigenvalue weighted by Crippen LogP contribution is -2.67. The summed E-state index contributed by atoms with van der Waals surface area (Å²) in [6.45, 7) is 8.42. The maximum Gasteiger partial charge on any atom is 0.261 e. The van der Waals surface area contributed by atoms with Crippen LogP contribution in [0.25, 0.3) is 0 Å². The van der Waals surface area contributed by atoms with Crippen LogP contribution in [0.3, 0.4) is 0 Å². The van der Waals surface area contributed by atoms with Crippen LogP contribution >= 0.6 is 0 Å². The predicted molar refractivity (Wildman–Crippen MR) is 147 cm³/mol. The van der Waals surface area contributed by atoms with Gasteiger partial charge in [0.1, 0.15) is 9.92 Å². The molecule has 0 N–H and O–H groups in total. The molecule has 0 spiro atoms. The fourth-order valence-corrected chi connectivity index (χ4v) is 13.5. The second-order valence-electron chi connectivity index (χ2n) is 10.9. The molecule has 1 unspecified atom stereocenters. The highest BCUT2D eigenvalue weighted by molar-refractivity contribution is 7.92. The first-order valence-corrected chi connectivity index (χ1v) is 16.4. The Morgan fingerprint density at radius 2 is 1.47 bits per heavy atom. The standard InChI is InChI=1S/C28H42N2O2SSi/c1-28(2,3)34(26-18-10-6-11-19-26,27-20-12-7-13-21-27)32-23-24-15-14-22-30(24)33(31,29-4)25-16-8-5-9-17-25/h6-7,10-13,18-21,24-25H,5,8-9,14-17,22-23H2,1-4H3/t24-,33?/m1/s1. The molecular weight excluding hydrogens is 456 g/mol. The third kappa shape index (κ3) is 4.79. The van der Waals surface area contributed by atoms with E-state index < -0.39 is 18.2 Å². The maximum absolute atomic E-state index is 14.3. The molecule has 4 nitrogen and oxygen atoms in total. The lowest BCUT2D eigenvalue weighted by Gasteiger charge is -2.44. The van der Waals surface area contributed by atoms with Crippen molar-refractivity contribution >= 4 is 28.6 Å². The first-order chi connectivity index (χ1) is 16.3. The van der Waals surface area contributed by atoms with Gasteiger partial charge in [0.05, 0.1) is 11.9 Å². The summed E-state index contributed by atoms with van der Waals surface area (Å²) in [4.78, 5) is 0. The van der Waals surface area contributed by atoms with E-state index in [9.17, 15) is 4.21 Å². The van der Waals surface area contributed by atoms with Crippen LogP contribution < -0.4 is 10.4 Å². The number of hydrogen-bond donors (Lipinski definition) is 0. The predicted octanol–water partition coefficient (Wildman–Crippen LogP) is 5.37. The second kappa shape index (κ2) is 10.6. The lowest BCUT2D eigenvalue weighted by molar-refractivity contribution is 0.223. The molecule has 0 radical (unpaired) electrons. The van der Waals surface area contributed by atoms with Gasteiger partial charge < -0.3 is 4.43 Å². The monoisotopic (exact) mass is 498 g/mol. The number of hydrogen-bond acceptors (Lipinski definition) is 3. The maximum atomic E-state index is 14.3. The van der Waals surface area contributed by atoms with E-state index in [1.165, 1.54) is 29.6 Å². The summed E-state index contributed by atoms with van der Waals surface area (Å²) < 4.78 is 28.4. The fraction of sp³-hybridized carbons (Fsp3) is 0.571. The van der Waals surface area contributed by atoms with Gasteiger partial charge in [0.15, 0.2) is 0 Å². The molecule has 4 rings (SSSR count). The molecular formula is C28H42N2O2SSi. The van der Waals surface area contributed by atoms with E-state index in [-0.39, 0.29) is 16.3 Å². The van der Waals surface area contributed by atoms with E-state index in [2.05, 4.69) is 90.1 Å². The minimum Gasteiger partial charge on any atom is -0.406 e. The van der Waals surface area contributed by atoms with E-state index in [1.807, 2.05) is 0 Å². The second-order valence-corrected chi connectivity index (χ2v) is 17.8. The Kier molecular flexibility index (Phi) is 8.02. The molecule has 2 aromatic carbocycles. The smallest absolute Gasteiger partial charge is 0.261 e. The van der Waals surface area contributed by atoms with Crippen molar-refractivity contribution in [3.05, 3.63) is 60.7 Å². The van der Waals surface area contributed by atoms with Crippen LogP contribution in [0.4, 0.5) is 0 Å². The third-order valence-corrected chi connectivity index (χ3v) is 15.8. The van der Waals surface area contributed by atoms with E-state index in [4.69, 9.17) is 4.43 Å². The normalized spacial score (nSPS) is 22.4. The summed E-state index contributed by atoms with van der Waals surface area (Å²) >= 11 is 0. The molecule has 2 aromatic rings. The van der Waals surface area contributed by atoms with E-state index >= 15 is 0 Å². The average Bonchev–Trinajstić information content (AvgIpc) is 3.34. The van der Waals surface area contributed by atoms with Crippen LogP contribution in [0.5, 0.6) is 0 Å². The van der Waals surface area contributed by atoms with Gasteiger partial charge in [-0.3, -0.25) is 0 Å². The van der Waals surface area contributed by atoms with Crippen LogP contribution in [0.2, 0.25) is 5.04 Å². The van der Waals surface area contributed by atoms with Crippen LogP contribution in [-0.4, -0.2) is 48.3 Å². The first kappa shape index (κ1) is 25.6. The molecule has 2 fully saturated rings. The van der Waals surface area contributed by atoms with Crippen LogP contribution in [0.1, 0.15) is 65.7 Å². The van der Waals surface area contributed by atoms with Crippen molar-refractivity contribution in [3.8, 4) is 0 Å². The van der Waals surface area contributed by atoms with Gasteiger partial charge in [-0.2, -0.15) is 0 Å². The highest BCUT2D eigenvalue weighted by Gasteiger charge is 2.51. The number of nitrogens with zero attached hydrogens (tertiary/aromatic N) is 2. The van der Waals surface area contributed by atoms with Crippen LogP contribution in [0.15, 0.2) is 65.0 Å². The Bertz CT molecular complexity index is 1000. The van der Waals surface area contributed by atoms with Crippen molar-refractivity contribution in [1.29, 1.82) is 0 Å². The van der Waals surface area contributed by atoms with Gasteiger partial charge in [-0.15, -0.1) is 0 Å². The van der Waals surface area contributed by atoms with Crippen molar-refractivity contribution < 1.29 is 8.63 Å². The minimum atomic E-state index is -2.61. The van der Waals surface area contributed by atoms with E-state index in [0.29, 0.717) is 6.61 Å². The third-order valence-electron chi connectivity index (χ3n) is 7.82. The quantitative estimate of drug-likeness (QED) is 0.482. The molecule has 34 heavy (non-hydrogen) atoms. The highest BCUT2D eigenvalue weighted by atomic mass is 32.2. The molecule has 2 aliphatic rings. The van der Waals surface area contributed by atoms with Crippen molar-refractivity contribution in [2.75, 3.05) is 20.2 Å². The van der Waals surface area contributed by atoms with Gasteiger partial charge in [0.2, 0.25) is 0 Å². The van der Waals surface area contributed by atoms with Crippen molar-refractivity contribution in [1.82, 2.24) is 4.31 Å². The molecule has 186 valence electrons. The molecule has 1 saturated heterocycles. The Hall–Kier alpha value is -1.47. The van der Waals surface area contributed by atoms with Crippen LogP contribution in [0, 0.1) is 0 Å². The largest absolute Gasteiger partial charge is 0.406 e. The summed E-state index contributed by atoms with van der Waals surface area (Å²) in [5.74, 6) is 0. The Labute approximate surface area is 208 Å². The van der Waals surface area contributed by atoms with Gasteiger partial charge in [-0.25, -0.2) is 12.9 Å². The summed E-state index contributed by atoms with van der Waals surface area (Å²) in [6.07, 6.45) is 7.77. The molecule has 0 amide bonds. The van der Waals surface area contributed by atoms with Gasteiger partial charge in [0.25, 0.3) is 8.32 Å². The van der Waals surface area contributed by atoms with E-state index in [1.54, 1.807) is 7.05 Å². The lowest BCUT2D eigenvalue weighted by atomic mass is 10.0. The van der Waals surface area contributed by atoms with Crippen molar-refractivity contribution in [2.45, 2.75) is 82.0 Å². The zero-order valence-electron chi connectivity index (χ0n) is 21.4. The summed E-state index contributed by atoms with van der Waals surface area (Å²) in [5.41, 5.74) is 0. The Morgan fingerprint density at radius 1 is 0.912 bits per heavy atom. The summed E-state index contributed by atoms with van der Waals surface area (Å²) in [7, 11) is -3.23. The Morgan fingerprint density at radius 3 is 1.97 bits per heavy atom. The Balaban J connectivity index is 1.68.